The molecule has 0 bridgehead atoms. The number of ether oxygens (including phenoxy) is 1. The molecule has 0 unspecified atom stereocenters. The number of amides is 1. The third kappa shape index (κ3) is 3.66. The average molecular weight is 360 g/mol. The zero-order chi connectivity index (χ0) is 18.5. The van der Waals surface area contributed by atoms with Gasteiger partial charge in [0.15, 0.2) is 0 Å². The van der Waals surface area contributed by atoms with Crippen LogP contribution in [0.25, 0.3) is 0 Å². The van der Waals surface area contributed by atoms with E-state index in [1.807, 2.05) is 24.3 Å². The van der Waals surface area contributed by atoms with Crippen LogP contribution in [-0.4, -0.2) is 74.9 Å². The van der Waals surface area contributed by atoms with Gasteiger partial charge < -0.3 is 30.3 Å². The summed E-state index contributed by atoms with van der Waals surface area (Å²) in [6, 6.07) is 7.72. The summed E-state index contributed by atoms with van der Waals surface area (Å²) >= 11 is 0. The van der Waals surface area contributed by atoms with Crippen LogP contribution in [0.15, 0.2) is 35.5 Å². The highest BCUT2D eigenvalue weighted by Crippen LogP contribution is 2.30. The smallest absolute Gasteiger partial charge is 0.337 e. The first-order valence-corrected chi connectivity index (χ1v) is 8.69. The van der Waals surface area contributed by atoms with Crippen LogP contribution in [0.5, 0.6) is 0 Å². The molecule has 3 N–H and O–H groups in total. The summed E-state index contributed by atoms with van der Waals surface area (Å²) in [5, 5.41) is 15.6. The molecule has 2 aliphatic rings. The van der Waals surface area contributed by atoms with Gasteiger partial charge in [-0.15, -0.1) is 0 Å². The second kappa shape index (κ2) is 8.20. The molecule has 0 spiro atoms. The highest BCUT2D eigenvalue weighted by molar-refractivity contribution is 6.09. The summed E-state index contributed by atoms with van der Waals surface area (Å²) < 4.78 is 4.83. The fraction of sp³-hybridized carbons (Fsp3) is 0.444. The van der Waals surface area contributed by atoms with Gasteiger partial charge in [-0.3, -0.25) is 4.79 Å². The first kappa shape index (κ1) is 18.2. The van der Waals surface area contributed by atoms with Crippen molar-refractivity contribution in [2.45, 2.75) is 0 Å². The second-order valence-electron chi connectivity index (χ2n) is 6.17. The Morgan fingerprint density at radius 3 is 2.73 bits per heavy atom. The molecule has 0 radical (unpaired) electrons. The van der Waals surface area contributed by atoms with E-state index in [1.54, 1.807) is 0 Å². The zero-order valence-corrected chi connectivity index (χ0v) is 14.8. The molecule has 26 heavy (non-hydrogen) atoms. The number of hydrogen-bond donors (Lipinski definition) is 3. The van der Waals surface area contributed by atoms with Crippen LogP contribution < -0.4 is 15.5 Å². The van der Waals surface area contributed by atoms with Crippen LogP contribution in [0.1, 0.15) is 0 Å². The Labute approximate surface area is 152 Å². The van der Waals surface area contributed by atoms with Crippen LogP contribution in [0, 0.1) is 0 Å². The number of piperazine rings is 1. The monoisotopic (exact) mass is 360 g/mol. The minimum absolute atomic E-state index is 0.129. The number of aliphatic hydroxyl groups is 1. The largest absolute Gasteiger partial charge is 0.466 e. The normalized spacial score (nSPS) is 17.7. The van der Waals surface area contributed by atoms with Gasteiger partial charge in [-0.1, -0.05) is 12.1 Å². The van der Waals surface area contributed by atoms with Gasteiger partial charge in [0.25, 0.3) is 5.91 Å². The summed E-state index contributed by atoms with van der Waals surface area (Å²) in [4.78, 5) is 28.5. The molecule has 0 aromatic heterocycles. The fourth-order valence-electron chi connectivity index (χ4n) is 3.24. The maximum Gasteiger partial charge on any atom is 0.337 e. The van der Waals surface area contributed by atoms with E-state index in [-0.39, 0.29) is 36.9 Å². The lowest BCUT2D eigenvalue weighted by Crippen LogP contribution is -2.43. The molecular weight excluding hydrogens is 336 g/mol. The number of methoxy groups -OCH3 is 1. The molecule has 140 valence electrons. The number of rotatable bonds is 6. The Morgan fingerprint density at radius 1 is 1.31 bits per heavy atom. The number of anilines is 2. The average Bonchev–Trinajstić information content (AvgIpc) is 2.98. The van der Waals surface area contributed by atoms with E-state index in [0.717, 1.165) is 37.6 Å². The lowest BCUT2D eigenvalue weighted by Gasteiger charge is -2.31. The van der Waals surface area contributed by atoms with Gasteiger partial charge in [0.05, 0.1) is 37.2 Å². The molecule has 1 amide bonds. The highest BCUT2D eigenvalue weighted by Gasteiger charge is 2.34. The predicted molar refractivity (Wildman–Crippen MR) is 97.9 cm³/mol. The van der Waals surface area contributed by atoms with Crippen LogP contribution in [0.4, 0.5) is 11.4 Å². The number of para-hydroxylation sites is 2. The SMILES string of the molecule is COC(=O)C1=C(Nc2ccccc2N2CCNCC2)C(=O)N(CCO)C1. The second-order valence-corrected chi connectivity index (χ2v) is 6.17. The number of esters is 1. The van der Waals surface area contributed by atoms with Crippen molar-refractivity contribution in [3.8, 4) is 0 Å². The molecule has 0 atom stereocenters. The Balaban J connectivity index is 1.90. The fourth-order valence-corrected chi connectivity index (χ4v) is 3.24. The molecule has 1 fully saturated rings. The third-order valence-electron chi connectivity index (χ3n) is 4.57. The number of benzene rings is 1. The van der Waals surface area contributed by atoms with Crippen molar-refractivity contribution < 1.29 is 19.4 Å². The van der Waals surface area contributed by atoms with Crippen molar-refractivity contribution in [2.24, 2.45) is 0 Å². The zero-order valence-electron chi connectivity index (χ0n) is 14.8. The maximum absolute atomic E-state index is 12.7. The van der Waals surface area contributed by atoms with Crippen molar-refractivity contribution in [2.75, 3.05) is 63.2 Å². The van der Waals surface area contributed by atoms with Crippen molar-refractivity contribution in [3.63, 3.8) is 0 Å². The molecule has 0 aliphatic carbocycles. The Morgan fingerprint density at radius 2 is 2.04 bits per heavy atom. The molecule has 1 aromatic carbocycles. The molecule has 2 heterocycles. The minimum atomic E-state index is -0.541. The van der Waals surface area contributed by atoms with Crippen LogP contribution >= 0.6 is 0 Å². The van der Waals surface area contributed by atoms with Gasteiger partial charge in [0, 0.05) is 32.7 Å². The molecule has 2 aliphatic heterocycles. The molecule has 8 heteroatoms. The van der Waals surface area contributed by atoms with E-state index in [0.29, 0.717) is 0 Å². The summed E-state index contributed by atoms with van der Waals surface area (Å²) in [5.74, 6) is -0.851. The summed E-state index contributed by atoms with van der Waals surface area (Å²) in [6.45, 7) is 3.67. The van der Waals surface area contributed by atoms with Gasteiger partial charge >= 0.3 is 5.97 Å². The molecule has 3 rings (SSSR count). The van der Waals surface area contributed by atoms with E-state index < -0.39 is 5.97 Å². The minimum Gasteiger partial charge on any atom is -0.466 e. The first-order valence-electron chi connectivity index (χ1n) is 8.69. The van der Waals surface area contributed by atoms with Gasteiger partial charge in [0.2, 0.25) is 0 Å². The topological polar surface area (TPSA) is 94.1 Å². The number of nitrogens with zero attached hydrogens (tertiary/aromatic N) is 2. The quantitative estimate of drug-likeness (QED) is 0.603. The lowest BCUT2D eigenvalue weighted by molar-refractivity contribution is -0.136. The number of hydrogen-bond acceptors (Lipinski definition) is 7. The van der Waals surface area contributed by atoms with Crippen LogP contribution in [-0.2, 0) is 14.3 Å². The van der Waals surface area contributed by atoms with Crippen molar-refractivity contribution >= 4 is 23.3 Å². The van der Waals surface area contributed by atoms with Gasteiger partial charge in [-0.25, -0.2) is 4.79 Å². The number of nitrogens with one attached hydrogen (secondary N) is 2. The lowest BCUT2D eigenvalue weighted by atomic mass is 10.2. The number of aliphatic hydroxyl groups excluding tert-OH is 1. The highest BCUT2D eigenvalue weighted by atomic mass is 16.5. The van der Waals surface area contributed by atoms with E-state index >= 15 is 0 Å². The Bertz CT molecular complexity index is 713. The van der Waals surface area contributed by atoms with E-state index in [9.17, 15) is 9.59 Å². The van der Waals surface area contributed by atoms with Crippen LogP contribution in [0.3, 0.4) is 0 Å². The standard InChI is InChI=1S/C18H24N4O4/c1-26-18(25)13-12-22(10-11-23)17(24)16(13)20-14-4-2-3-5-15(14)21-8-6-19-7-9-21/h2-5,19-20,23H,6-12H2,1H3. The van der Waals surface area contributed by atoms with E-state index in [2.05, 4.69) is 15.5 Å². The number of carbonyl (C=O) groups excluding carboxylic acids is 2. The molecule has 8 nitrogen and oxygen atoms in total. The van der Waals surface area contributed by atoms with E-state index in [1.165, 1.54) is 12.0 Å². The third-order valence-corrected chi connectivity index (χ3v) is 4.57. The van der Waals surface area contributed by atoms with Crippen molar-refractivity contribution in [1.29, 1.82) is 0 Å². The van der Waals surface area contributed by atoms with Crippen molar-refractivity contribution in [3.05, 3.63) is 35.5 Å². The van der Waals surface area contributed by atoms with Gasteiger partial charge in [-0.2, -0.15) is 0 Å². The van der Waals surface area contributed by atoms with Crippen molar-refractivity contribution in [1.82, 2.24) is 10.2 Å². The predicted octanol–water partition coefficient (Wildman–Crippen LogP) is -0.230. The van der Waals surface area contributed by atoms with Gasteiger partial charge in [0.1, 0.15) is 5.70 Å². The molecular formula is C18H24N4O4. The number of carbonyl (C=O) groups is 2. The summed E-state index contributed by atoms with van der Waals surface area (Å²) in [6.07, 6.45) is 0. The Hall–Kier alpha value is -2.58. The first-order chi connectivity index (χ1) is 12.7. The molecule has 1 saturated heterocycles. The van der Waals surface area contributed by atoms with E-state index in [4.69, 9.17) is 9.84 Å². The maximum atomic E-state index is 12.7. The summed E-state index contributed by atoms with van der Waals surface area (Å²) in [7, 11) is 1.29. The van der Waals surface area contributed by atoms with Crippen LogP contribution in [0.2, 0.25) is 0 Å². The number of β-amino-alcohol motifs (C(OH)–C–C–N with tert-alkyl or cyclic N) is 1. The molecule has 1 aromatic rings. The summed E-state index contributed by atoms with van der Waals surface area (Å²) in [5.41, 5.74) is 2.25. The van der Waals surface area contributed by atoms with Gasteiger partial charge in [-0.05, 0) is 12.1 Å². The molecule has 0 saturated carbocycles. The Kier molecular flexibility index (Phi) is 5.75.